The highest BCUT2D eigenvalue weighted by Gasteiger charge is 2.26. The van der Waals surface area contributed by atoms with Crippen LogP contribution in [0.15, 0.2) is 48.5 Å². The van der Waals surface area contributed by atoms with E-state index in [1.807, 2.05) is 6.07 Å². The fraction of sp³-hybridized carbons (Fsp3) is 0.333. The number of fused-ring (bicyclic) bond motifs is 1. The summed E-state index contributed by atoms with van der Waals surface area (Å²) in [5, 5.41) is 0.995. The smallest absolute Gasteiger partial charge is 0.122 e. The van der Waals surface area contributed by atoms with Gasteiger partial charge in [-0.25, -0.2) is 0 Å². The van der Waals surface area contributed by atoms with E-state index < -0.39 is 0 Å². The molecule has 0 amide bonds. The van der Waals surface area contributed by atoms with Crippen LogP contribution >= 0.6 is 15.9 Å². The molecule has 0 saturated carbocycles. The summed E-state index contributed by atoms with van der Waals surface area (Å²) in [6, 6.07) is 17.3. The van der Waals surface area contributed by atoms with Gasteiger partial charge in [-0.15, -0.1) is 0 Å². The lowest BCUT2D eigenvalue weighted by Gasteiger charge is -2.19. The van der Waals surface area contributed by atoms with Gasteiger partial charge >= 0.3 is 0 Å². The molecule has 0 N–H and O–H groups in total. The maximum atomic E-state index is 5.80. The van der Waals surface area contributed by atoms with Crippen LogP contribution in [0.2, 0.25) is 0 Å². The van der Waals surface area contributed by atoms with Gasteiger partial charge in [0.25, 0.3) is 0 Å². The Morgan fingerprint density at radius 1 is 1.20 bits per heavy atom. The number of ether oxygens (including phenoxy) is 1. The zero-order valence-corrected chi connectivity index (χ0v) is 13.3. The van der Waals surface area contributed by atoms with Crippen molar-refractivity contribution in [2.45, 2.75) is 25.2 Å². The highest BCUT2D eigenvalue weighted by Crippen LogP contribution is 2.39. The Bertz CT molecular complexity index is 593. The van der Waals surface area contributed by atoms with Crippen molar-refractivity contribution in [3.05, 3.63) is 65.2 Å². The number of hydrogen-bond donors (Lipinski definition) is 0. The molecule has 1 aliphatic heterocycles. The summed E-state index contributed by atoms with van der Waals surface area (Å²) in [7, 11) is 0. The summed E-state index contributed by atoms with van der Waals surface area (Å²) in [6.07, 6.45) is 1.13. The Labute approximate surface area is 129 Å². The molecule has 2 unspecified atom stereocenters. The number of rotatable bonds is 4. The summed E-state index contributed by atoms with van der Waals surface area (Å²) in [5.41, 5.74) is 4.12. The van der Waals surface area contributed by atoms with Crippen LogP contribution in [0, 0.1) is 6.92 Å². The summed E-state index contributed by atoms with van der Waals surface area (Å²) < 4.78 is 5.80. The number of aryl methyl sites for hydroxylation is 1. The Morgan fingerprint density at radius 3 is 2.85 bits per heavy atom. The topological polar surface area (TPSA) is 9.23 Å². The molecule has 0 saturated heterocycles. The van der Waals surface area contributed by atoms with Crippen molar-refractivity contribution in [1.82, 2.24) is 0 Å². The molecule has 104 valence electrons. The van der Waals surface area contributed by atoms with E-state index in [1.54, 1.807) is 0 Å². The predicted octanol–water partition coefficient (Wildman–Crippen LogP) is 5.04. The lowest BCUT2D eigenvalue weighted by molar-refractivity contribution is 0.320. The zero-order valence-electron chi connectivity index (χ0n) is 11.7. The molecule has 0 aliphatic carbocycles. The first-order valence-corrected chi connectivity index (χ1v) is 8.24. The van der Waals surface area contributed by atoms with Gasteiger partial charge in [0.2, 0.25) is 0 Å². The number of para-hydroxylation sites is 1. The van der Waals surface area contributed by atoms with Crippen LogP contribution in [0.5, 0.6) is 5.75 Å². The molecule has 20 heavy (non-hydrogen) atoms. The van der Waals surface area contributed by atoms with Crippen LogP contribution in [0.4, 0.5) is 0 Å². The predicted molar refractivity (Wildman–Crippen MR) is 87.0 cm³/mol. The van der Waals surface area contributed by atoms with E-state index >= 15 is 0 Å². The lowest BCUT2D eigenvalue weighted by Crippen LogP contribution is -2.09. The molecule has 2 aromatic rings. The quantitative estimate of drug-likeness (QED) is 0.713. The van der Waals surface area contributed by atoms with Crippen LogP contribution in [-0.2, 0) is 0 Å². The average molecular weight is 331 g/mol. The first-order chi connectivity index (χ1) is 9.78. The van der Waals surface area contributed by atoms with Crippen LogP contribution < -0.4 is 4.74 Å². The molecule has 0 spiro atoms. The molecule has 2 heteroatoms. The van der Waals surface area contributed by atoms with Gasteiger partial charge in [-0.3, -0.25) is 0 Å². The third-order valence-electron chi connectivity index (χ3n) is 4.07. The van der Waals surface area contributed by atoms with Gasteiger partial charge in [0.1, 0.15) is 5.75 Å². The normalized spacial score (nSPS) is 18.4. The van der Waals surface area contributed by atoms with Crippen molar-refractivity contribution in [2.75, 3.05) is 11.9 Å². The fourth-order valence-electron chi connectivity index (χ4n) is 2.98. The third-order valence-corrected chi connectivity index (χ3v) is 4.85. The Balaban J connectivity index is 1.80. The maximum Gasteiger partial charge on any atom is 0.122 e. The van der Waals surface area contributed by atoms with Crippen molar-refractivity contribution in [3.8, 4) is 5.75 Å². The summed E-state index contributed by atoms with van der Waals surface area (Å²) >= 11 is 3.68. The molecule has 2 atom stereocenters. The minimum atomic E-state index is 0.509. The molecular formula is C18H19BrO. The van der Waals surface area contributed by atoms with Gasteiger partial charge in [0.15, 0.2) is 0 Å². The van der Waals surface area contributed by atoms with Gasteiger partial charge in [-0.05, 0) is 30.9 Å². The van der Waals surface area contributed by atoms with Gasteiger partial charge in [-0.1, -0.05) is 64.0 Å². The number of alkyl halides is 1. The van der Waals surface area contributed by atoms with Gasteiger partial charge in [0, 0.05) is 16.8 Å². The fourth-order valence-corrected chi connectivity index (χ4v) is 3.62. The molecule has 0 bridgehead atoms. The molecule has 1 aliphatic rings. The molecule has 1 heterocycles. The van der Waals surface area contributed by atoms with Gasteiger partial charge < -0.3 is 4.74 Å². The van der Waals surface area contributed by atoms with Crippen LogP contribution in [0.3, 0.4) is 0 Å². The molecule has 0 radical (unpaired) electrons. The SMILES string of the molecule is Cc1cccc(C(CBr)CC2COc3ccccc32)c1. The summed E-state index contributed by atoms with van der Waals surface area (Å²) in [4.78, 5) is 0. The zero-order chi connectivity index (χ0) is 13.9. The van der Waals surface area contributed by atoms with Crippen molar-refractivity contribution in [1.29, 1.82) is 0 Å². The van der Waals surface area contributed by atoms with E-state index in [0.717, 1.165) is 24.1 Å². The standard InChI is InChI=1S/C18H19BrO/c1-13-5-4-6-14(9-13)15(11-19)10-16-12-20-18-8-3-2-7-17(16)18/h2-9,15-16H,10-12H2,1H3. The Kier molecular flexibility index (Phi) is 4.11. The van der Waals surface area contributed by atoms with E-state index in [-0.39, 0.29) is 0 Å². The van der Waals surface area contributed by atoms with Crippen molar-refractivity contribution in [3.63, 3.8) is 0 Å². The number of benzene rings is 2. The molecule has 0 aromatic heterocycles. The van der Waals surface area contributed by atoms with Crippen LogP contribution in [0.25, 0.3) is 0 Å². The number of hydrogen-bond acceptors (Lipinski definition) is 1. The molecule has 3 rings (SSSR count). The highest BCUT2D eigenvalue weighted by atomic mass is 79.9. The van der Waals surface area contributed by atoms with Crippen molar-refractivity contribution in [2.24, 2.45) is 0 Å². The number of halogens is 1. The average Bonchev–Trinajstić information content (AvgIpc) is 2.88. The molecule has 0 fully saturated rings. The van der Waals surface area contributed by atoms with E-state index in [0.29, 0.717) is 11.8 Å². The first-order valence-electron chi connectivity index (χ1n) is 7.12. The Hall–Kier alpha value is -1.28. The minimum Gasteiger partial charge on any atom is -0.493 e. The van der Waals surface area contributed by atoms with E-state index in [2.05, 4.69) is 65.3 Å². The second kappa shape index (κ2) is 6.01. The van der Waals surface area contributed by atoms with Gasteiger partial charge in [0.05, 0.1) is 6.61 Å². The summed E-state index contributed by atoms with van der Waals surface area (Å²) in [5.74, 6) is 2.11. The third kappa shape index (κ3) is 2.76. The minimum absolute atomic E-state index is 0.509. The van der Waals surface area contributed by atoms with Crippen molar-refractivity contribution < 1.29 is 4.74 Å². The highest BCUT2D eigenvalue weighted by molar-refractivity contribution is 9.09. The molecule has 1 nitrogen and oxygen atoms in total. The molecular weight excluding hydrogens is 312 g/mol. The lowest BCUT2D eigenvalue weighted by atomic mass is 9.87. The first kappa shape index (κ1) is 13.7. The monoisotopic (exact) mass is 330 g/mol. The van der Waals surface area contributed by atoms with Gasteiger partial charge in [-0.2, -0.15) is 0 Å². The van der Waals surface area contributed by atoms with E-state index in [4.69, 9.17) is 4.74 Å². The second-order valence-electron chi connectivity index (χ2n) is 5.55. The van der Waals surface area contributed by atoms with E-state index in [1.165, 1.54) is 16.7 Å². The van der Waals surface area contributed by atoms with Crippen LogP contribution in [0.1, 0.15) is 34.9 Å². The van der Waals surface area contributed by atoms with Crippen LogP contribution in [-0.4, -0.2) is 11.9 Å². The summed E-state index contributed by atoms with van der Waals surface area (Å²) in [6.45, 7) is 2.97. The van der Waals surface area contributed by atoms with E-state index in [9.17, 15) is 0 Å². The second-order valence-corrected chi connectivity index (χ2v) is 6.19. The molecule has 2 aromatic carbocycles. The largest absolute Gasteiger partial charge is 0.493 e. The Morgan fingerprint density at radius 2 is 2.05 bits per heavy atom. The van der Waals surface area contributed by atoms with Crippen molar-refractivity contribution >= 4 is 15.9 Å². The maximum absolute atomic E-state index is 5.80.